The number of hydrogen-bond donors (Lipinski definition) is 0. The van der Waals surface area contributed by atoms with Gasteiger partial charge in [-0.3, -0.25) is 0 Å². The first-order valence-electron chi connectivity index (χ1n) is 11.5. The minimum absolute atomic E-state index is 0.418. The number of benzene rings is 4. The van der Waals surface area contributed by atoms with Crippen LogP contribution in [-0.2, 0) is 6.61 Å². The van der Waals surface area contributed by atoms with E-state index < -0.39 is 0 Å². The van der Waals surface area contributed by atoms with Crippen LogP contribution in [-0.4, -0.2) is 20.8 Å². The molecule has 0 fully saturated rings. The summed E-state index contributed by atoms with van der Waals surface area (Å²) in [6, 6.07) is 26.1. The van der Waals surface area contributed by atoms with Crippen LogP contribution in [0.4, 0.5) is 0 Å². The molecule has 0 aliphatic rings. The summed E-state index contributed by atoms with van der Waals surface area (Å²) in [5.41, 5.74) is 3.18. The van der Waals surface area contributed by atoms with E-state index in [-0.39, 0.29) is 0 Å². The van der Waals surface area contributed by atoms with Crippen LogP contribution in [0.5, 0.6) is 23.0 Å². The lowest BCUT2D eigenvalue weighted by atomic mass is 10.0. The smallest absolute Gasteiger partial charge is 0.175 e. The highest BCUT2D eigenvalue weighted by Crippen LogP contribution is 2.37. The van der Waals surface area contributed by atoms with Crippen LogP contribution in [0.1, 0.15) is 23.6 Å². The molecule has 6 heteroatoms. The van der Waals surface area contributed by atoms with Gasteiger partial charge in [-0.25, -0.2) is 0 Å². The molecule has 0 N–H and O–H groups in total. The van der Waals surface area contributed by atoms with Crippen LogP contribution in [0.25, 0.3) is 22.4 Å². The van der Waals surface area contributed by atoms with Gasteiger partial charge in [-0.15, -0.1) is 0 Å². The van der Waals surface area contributed by atoms with Crippen LogP contribution in [0.2, 0.25) is 0 Å². The third-order valence-electron chi connectivity index (χ3n) is 5.71. The fourth-order valence-electron chi connectivity index (χ4n) is 3.99. The average Bonchev–Trinajstić information content (AvgIpc) is 2.91. The maximum Gasteiger partial charge on any atom is 0.175 e. The average molecular weight is 591 g/mol. The molecule has 5 nitrogen and oxygen atoms in total. The number of methoxy groups -OCH3 is 2. The van der Waals surface area contributed by atoms with Crippen molar-refractivity contribution in [3.05, 3.63) is 93.1 Å². The molecule has 0 amide bonds. The minimum atomic E-state index is 0.418. The molecule has 0 saturated heterocycles. The summed E-state index contributed by atoms with van der Waals surface area (Å²) in [5, 5.41) is 12.2. The van der Waals surface area contributed by atoms with Crippen LogP contribution in [0.3, 0.4) is 0 Å². The molecule has 0 atom stereocenters. The Bertz CT molecular complexity index is 1450. The molecule has 0 saturated carbocycles. The van der Waals surface area contributed by atoms with Crippen molar-refractivity contribution in [1.82, 2.24) is 0 Å². The Morgan fingerprint density at radius 3 is 2.42 bits per heavy atom. The summed E-state index contributed by atoms with van der Waals surface area (Å²) in [7, 11) is 3.16. The zero-order valence-corrected chi connectivity index (χ0v) is 22.5. The number of nitriles is 1. The Kier molecular flexibility index (Phi) is 8.34. The Labute approximate surface area is 225 Å². The van der Waals surface area contributed by atoms with E-state index in [9.17, 15) is 5.26 Å². The first-order chi connectivity index (χ1) is 17.6. The van der Waals surface area contributed by atoms with Crippen molar-refractivity contribution in [2.75, 3.05) is 20.8 Å². The molecule has 0 heterocycles. The van der Waals surface area contributed by atoms with E-state index in [2.05, 4.69) is 52.9 Å². The molecule has 0 bridgehead atoms. The van der Waals surface area contributed by atoms with Crippen LogP contribution in [0, 0.1) is 14.9 Å². The first kappa shape index (κ1) is 25.4. The van der Waals surface area contributed by atoms with E-state index in [0.29, 0.717) is 41.8 Å². The molecule has 0 aliphatic carbocycles. The summed E-state index contributed by atoms with van der Waals surface area (Å²) in [5.74, 6) is 2.50. The van der Waals surface area contributed by atoms with E-state index >= 15 is 0 Å². The highest BCUT2D eigenvalue weighted by molar-refractivity contribution is 14.1. The second kappa shape index (κ2) is 11.8. The summed E-state index contributed by atoms with van der Waals surface area (Å²) >= 11 is 2.25. The minimum Gasteiger partial charge on any atom is -0.493 e. The Balaban J connectivity index is 1.66. The zero-order chi connectivity index (χ0) is 25.5. The Morgan fingerprint density at radius 1 is 0.889 bits per heavy atom. The quantitative estimate of drug-likeness (QED) is 0.115. The van der Waals surface area contributed by atoms with Gasteiger partial charge in [0.15, 0.2) is 23.0 Å². The number of hydrogen-bond acceptors (Lipinski definition) is 5. The van der Waals surface area contributed by atoms with Crippen molar-refractivity contribution in [2.45, 2.75) is 13.5 Å². The highest BCUT2D eigenvalue weighted by atomic mass is 127. The maximum absolute atomic E-state index is 9.88. The number of rotatable bonds is 9. The lowest BCUT2D eigenvalue weighted by molar-refractivity contribution is 0.268. The Hall–Kier alpha value is -3.70. The predicted octanol–water partition coefficient (Wildman–Crippen LogP) is 7.50. The molecule has 4 aromatic carbocycles. The lowest BCUT2D eigenvalue weighted by Gasteiger charge is -2.16. The first-order valence-corrected chi connectivity index (χ1v) is 12.6. The van der Waals surface area contributed by atoms with Gasteiger partial charge < -0.3 is 18.9 Å². The van der Waals surface area contributed by atoms with Crippen molar-refractivity contribution < 1.29 is 18.9 Å². The highest BCUT2D eigenvalue weighted by Gasteiger charge is 2.14. The normalized spacial score (nSPS) is 11.1. The van der Waals surface area contributed by atoms with Crippen molar-refractivity contribution in [3.8, 4) is 29.1 Å². The van der Waals surface area contributed by atoms with Crippen molar-refractivity contribution in [3.63, 3.8) is 0 Å². The van der Waals surface area contributed by atoms with Crippen LogP contribution < -0.4 is 18.9 Å². The molecule has 0 unspecified atom stereocenters. The van der Waals surface area contributed by atoms with Crippen LogP contribution >= 0.6 is 22.6 Å². The summed E-state index contributed by atoms with van der Waals surface area (Å²) in [4.78, 5) is 0. The topological polar surface area (TPSA) is 60.7 Å². The molecule has 0 aliphatic heterocycles. The molecule has 4 rings (SSSR count). The van der Waals surface area contributed by atoms with Crippen LogP contribution in [0.15, 0.2) is 72.8 Å². The fraction of sp³-hybridized carbons (Fsp3) is 0.167. The summed E-state index contributed by atoms with van der Waals surface area (Å²) in [6.45, 7) is 2.85. The number of allylic oxidation sites excluding steroid dienone is 1. The van der Waals surface area contributed by atoms with Gasteiger partial charge in [0.05, 0.1) is 36.0 Å². The van der Waals surface area contributed by atoms with Gasteiger partial charge in [0.2, 0.25) is 0 Å². The second-order valence-electron chi connectivity index (χ2n) is 7.93. The number of fused-ring (bicyclic) bond motifs is 1. The monoisotopic (exact) mass is 591 g/mol. The molecular weight excluding hydrogens is 565 g/mol. The van der Waals surface area contributed by atoms with Gasteiger partial charge in [-0.05, 0) is 93.4 Å². The maximum atomic E-state index is 9.88. The predicted molar refractivity (Wildman–Crippen MR) is 152 cm³/mol. The Morgan fingerprint density at radius 2 is 1.67 bits per heavy atom. The van der Waals surface area contributed by atoms with Crippen molar-refractivity contribution in [2.24, 2.45) is 0 Å². The molecule has 0 aromatic heterocycles. The third kappa shape index (κ3) is 5.58. The van der Waals surface area contributed by atoms with E-state index in [1.807, 2.05) is 49.4 Å². The van der Waals surface area contributed by atoms with E-state index in [4.69, 9.17) is 18.9 Å². The van der Waals surface area contributed by atoms with Gasteiger partial charge in [0, 0.05) is 0 Å². The van der Waals surface area contributed by atoms with Gasteiger partial charge in [0.25, 0.3) is 0 Å². The molecule has 0 spiro atoms. The van der Waals surface area contributed by atoms with Gasteiger partial charge in [0.1, 0.15) is 6.61 Å². The number of ether oxygens (including phenoxy) is 4. The number of halogens is 1. The zero-order valence-electron chi connectivity index (χ0n) is 20.4. The van der Waals surface area contributed by atoms with Gasteiger partial charge >= 0.3 is 0 Å². The SMILES string of the molecule is CCOc1cc(/C=C(\C#N)c2ccc(OC)c(OC)c2)cc(I)c1OCc1cccc2ccccc12. The lowest BCUT2D eigenvalue weighted by Crippen LogP contribution is -2.02. The third-order valence-corrected chi connectivity index (χ3v) is 6.51. The van der Waals surface area contributed by atoms with Gasteiger partial charge in [-0.2, -0.15) is 5.26 Å². The second-order valence-corrected chi connectivity index (χ2v) is 9.09. The summed E-state index contributed by atoms with van der Waals surface area (Å²) in [6.07, 6.45) is 1.83. The molecule has 0 radical (unpaired) electrons. The van der Waals surface area contributed by atoms with Gasteiger partial charge in [-0.1, -0.05) is 42.5 Å². The molecule has 4 aromatic rings. The van der Waals surface area contributed by atoms with E-state index in [1.165, 1.54) is 10.8 Å². The standard InChI is InChI=1S/C30H26INO4/c1-4-35-29-16-20(14-24(18-32)22-12-13-27(33-2)28(17-22)34-3)15-26(31)30(29)36-19-23-10-7-9-21-8-5-6-11-25(21)23/h5-17H,4,19H2,1-3H3/b24-14+. The number of nitrogens with zero attached hydrogens (tertiary/aromatic N) is 1. The van der Waals surface area contributed by atoms with Crippen molar-refractivity contribution >= 4 is 45.0 Å². The van der Waals surface area contributed by atoms with E-state index in [1.54, 1.807) is 26.4 Å². The fourth-order valence-corrected chi connectivity index (χ4v) is 4.77. The largest absolute Gasteiger partial charge is 0.493 e. The molecule has 36 heavy (non-hydrogen) atoms. The summed E-state index contributed by atoms with van der Waals surface area (Å²) < 4.78 is 23.8. The van der Waals surface area contributed by atoms with Crippen molar-refractivity contribution in [1.29, 1.82) is 5.26 Å². The molecular formula is C30H26INO4. The molecule has 182 valence electrons. The van der Waals surface area contributed by atoms with E-state index in [0.717, 1.165) is 20.3 Å².